The van der Waals surface area contributed by atoms with E-state index in [1.807, 2.05) is 0 Å². The number of aryl methyl sites for hydroxylation is 1. The standard InChI is InChI=1S/C18H15ClN2O3/c1-3-14(22)24-18-12-9-11(19)6-7-13(12)21-16(18)17(23)15-10(2)5-4-8-20-15/h4-9,21H,3H2,1-2H3. The van der Waals surface area contributed by atoms with Crippen LogP contribution in [-0.4, -0.2) is 21.7 Å². The van der Waals surface area contributed by atoms with Crippen LogP contribution in [-0.2, 0) is 4.79 Å². The van der Waals surface area contributed by atoms with Gasteiger partial charge >= 0.3 is 5.97 Å². The summed E-state index contributed by atoms with van der Waals surface area (Å²) in [6.45, 7) is 3.49. The molecule has 0 amide bonds. The van der Waals surface area contributed by atoms with Gasteiger partial charge < -0.3 is 9.72 Å². The Morgan fingerprint density at radius 1 is 1.29 bits per heavy atom. The lowest BCUT2D eigenvalue weighted by Gasteiger charge is -2.06. The molecule has 3 rings (SSSR count). The summed E-state index contributed by atoms with van der Waals surface area (Å²) in [5, 5.41) is 1.07. The van der Waals surface area contributed by atoms with Crippen LogP contribution in [0.25, 0.3) is 10.9 Å². The zero-order valence-corrected chi connectivity index (χ0v) is 14.0. The van der Waals surface area contributed by atoms with Crippen LogP contribution in [0.1, 0.15) is 35.1 Å². The maximum Gasteiger partial charge on any atom is 0.310 e. The van der Waals surface area contributed by atoms with Gasteiger partial charge in [-0.25, -0.2) is 0 Å². The van der Waals surface area contributed by atoms with Crippen molar-refractivity contribution in [2.75, 3.05) is 0 Å². The van der Waals surface area contributed by atoms with E-state index in [0.29, 0.717) is 21.6 Å². The average molecular weight is 343 g/mol. The van der Waals surface area contributed by atoms with Gasteiger partial charge in [-0.3, -0.25) is 14.6 Å². The number of H-pyrrole nitrogens is 1. The van der Waals surface area contributed by atoms with Crippen LogP contribution in [0.15, 0.2) is 36.5 Å². The maximum atomic E-state index is 12.9. The quantitative estimate of drug-likeness (QED) is 0.573. The minimum Gasteiger partial charge on any atom is -0.423 e. The van der Waals surface area contributed by atoms with E-state index >= 15 is 0 Å². The van der Waals surface area contributed by atoms with E-state index in [1.54, 1.807) is 50.4 Å². The number of aromatic amines is 1. The summed E-state index contributed by atoms with van der Waals surface area (Å²) in [5.74, 6) is -0.573. The van der Waals surface area contributed by atoms with Gasteiger partial charge in [0.2, 0.25) is 5.78 Å². The molecule has 0 radical (unpaired) electrons. The second-order valence-corrected chi connectivity index (χ2v) is 5.78. The van der Waals surface area contributed by atoms with Crippen molar-refractivity contribution in [1.29, 1.82) is 0 Å². The number of pyridine rings is 1. The Morgan fingerprint density at radius 2 is 2.08 bits per heavy atom. The van der Waals surface area contributed by atoms with Gasteiger partial charge in [-0.1, -0.05) is 24.6 Å². The minimum atomic E-state index is -0.428. The molecule has 0 unspecified atom stereocenters. The fourth-order valence-electron chi connectivity index (χ4n) is 2.43. The largest absolute Gasteiger partial charge is 0.423 e. The molecule has 0 saturated heterocycles. The molecular formula is C18H15ClN2O3. The smallest absolute Gasteiger partial charge is 0.310 e. The zero-order chi connectivity index (χ0) is 17.3. The Kier molecular flexibility index (Phi) is 4.36. The first kappa shape index (κ1) is 16.2. The summed E-state index contributed by atoms with van der Waals surface area (Å²) >= 11 is 6.04. The average Bonchev–Trinajstić information content (AvgIpc) is 2.92. The maximum absolute atomic E-state index is 12.9. The number of ether oxygens (including phenoxy) is 1. The first-order chi connectivity index (χ1) is 11.5. The number of carbonyl (C=O) groups excluding carboxylic acids is 2. The van der Waals surface area contributed by atoms with Crippen molar-refractivity contribution in [3.8, 4) is 5.75 Å². The Bertz CT molecular complexity index is 947. The third-order valence-corrected chi connectivity index (χ3v) is 3.90. The predicted octanol–water partition coefficient (Wildman–Crippen LogP) is 4.07. The number of hydrogen-bond donors (Lipinski definition) is 1. The number of aromatic nitrogens is 2. The van der Waals surface area contributed by atoms with Crippen LogP contribution in [0.4, 0.5) is 0 Å². The summed E-state index contributed by atoms with van der Waals surface area (Å²) in [6.07, 6.45) is 1.75. The summed E-state index contributed by atoms with van der Waals surface area (Å²) in [4.78, 5) is 31.9. The number of ketones is 1. The van der Waals surface area contributed by atoms with Crippen LogP contribution >= 0.6 is 11.6 Å². The van der Waals surface area contributed by atoms with Gasteiger partial charge in [-0.05, 0) is 36.8 Å². The number of hydrogen-bond acceptors (Lipinski definition) is 4. The third kappa shape index (κ3) is 2.90. The van der Waals surface area contributed by atoms with Crippen molar-refractivity contribution in [3.05, 3.63) is 58.5 Å². The first-order valence-corrected chi connectivity index (χ1v) is 7.87. The topological polar surface area (TPSA) is 72.1 Å². The number of esters is 1. The Balaban J connectivity index is 2.19. The summed E-state index contributed by atoms with van der Waals surface area (Å²) < 4.78 is 5.41. The molecule has 1 aromatic carbocycles. The summed E-state index contributed by atoms with van der Waals surface area (Å²) in [5.41, 5.74) is 1.90. The van der Waals surface area contributed by atoms with Crippen LogP contribution in [0.2, 0.25) is 5.02 Å². The second-order valence-electron chi connectivity index (χ2n) is 5.34. The molecule has 1 N–H and O–H groups in total. The monoisotopic (exact) mass is 342 g/mol. The molecule has 6 heteroatoms. The molecule has 122 valence electrons. The van der Waals surface area contributed by atoms with E-state index in [0.717, 1.165) is 5.56 Å². The Hall–Kier alpha value is -2.66. The molecule has 0 spiro atoms. The number of halogens is 1. The Morgan fingerprint density at radius 3 is 2.79 bits per heavy atom. The van der Waals surface area contributed by atoms with Gasteiger partial charge in [0.1, 0.15) is 11.4 Å². The van der Waals surface area contributed by atoms with Gasteiger partial charge in [0.15, 0.2) is 5.75 Å². The number of benzene rings is 1. The van der Waals surface area contributed by atoms with E-state index in [-0.39, 0.29) is 23.6 Å². The van der Waals surface area contributed by atoms with Crippen LogP contribution in [0.5, 0.6) is 5.75 Å². The molecule has 2 heterocycles. The molecule has 0 aliphatic heterocycles. The first-order valence-electron chi connectivity index (χ1n) is 7.49. The van der Waals surface area contributed by atoms with Crippen molar-refractivity contribution in [2.45, 2.75) is 20.3 Å². The van der Waals surface area contributed by atoms with Crippen molar-refractivity contribution in [3.63, 3.8) is 0 Å². The molecule has 0 saturated carbocycles. The van der Waals surface area contributed by atoms with E-state index < -0.39 is 5.97 Å². The molecule has 0 bridgehead atoms. The van der Waals surface area contributed by atoms with Crippen molar-refractivity contribution in [2.24, 2.45) is 0 Å². The highest BCUT2D eigenvalue weighted by molar-refractivity contribution is 6.31. The fraction of sp³-hybridized carbons (Fsp3) is 0.167. The number of fused-ring (bicyclic) bond motifs is 1. The van der Waals surface area contributed by atoms with Gasteiger partial charge in [0.25, 0.3) is 0 Å². The van der Waals surface area contributed by atoms with Gasteiger partial charge in [-0.2, -0.15) is 0 Å². The number of carbonyl (C=O) groups is 2. The fourth-order valence-corrected chi connectivity index (χ4v) is 2.61. The predicted molar refractivity (Wildman–Crippen MR) is 91.6 cm³/mol. The summed E-state index contributed by atoms with van der Waals surface area (Å²) in [6, 6.07) is 8.66. The lowest BCUT2D eigenvalue weighted by atomic mass is 10.1. The van der Waals surface area contributed by atoms with Crippen LogP contribution in [0.3, 0.4) is 0 Å². The SMILES string of the molecule is CCC(=O)Oc1c(C(=O)c2ncccc2C)[nH]c2ccc(Cl)cc12. The lowest BCUT2D eigenvalue weighted by molar-refractivity contribution is -0.133. The van der Waals surface area contributed by atoms with E-state index in [2.05, 4.69) is 9.97 Å². The highest BCUT2D eigenvalue weighted by atomic mass is 35.5. The molecule has 0 atom stereocenters. The van der Waals surface area contributed by atoms with Crippen molar-refractivity contribution in [1.82, 2.24) is 9.97 Å². The van der Waals surface area contributed by atoms with Gasteiger partial charge in [0, 0.05) is 28.5 Å². The molecule has 3 aromatic rings. The molecule has 0 aliphatic rings. The van der Waals surface area contributed by atoms with Crippen molar-refractivity contribution >= 4 is 34.3 Å². The number of nitrogens with one attached hydrogen (secondary N) is 1. The van der Waals surface area contributed by atoms with E-state index in [9.17, 15) is 9.59 Å². The molecule has 24 heavy (non-hydrogen) atoms. The molecule has 5 nitrogen and oxygen atoms in total. The highest BCUT2D eigenvalue weighted by Crippen LogP contribution is 2.34. The highest BCUT2D eigenvalue weighted by Gasteiger charge is 2.24. The molecule has 0 fully saturated rings. The minimum absolute atomic E-state index is 0.189. The van der Waals surface area contributed by atoms with Crippen LogP contribution in [0, 0.1) is 6.92 Å². The second kappa shape index (κ2) is 6.45. The number of rotatable bonds is 4. The third-order valence-electron chi connectivity index (χ3n) is 3.67. The molecule has 0 aliphatic carbocycles. The normalized spacial score (nSPS) is 10.8. The zero-order valence-electron chi connectivity index (χ0n) is 13.2. The van der Waals surface area contributed by atoms with E-state index in [1.165, 1.54) is 0 Å². The van der Waals surface area contributed by atoms with Crippen LogP contribution < -0.4 is 4.74 Å². The van der Waals surface area contributed by atoms with Crippen molar-refractivity contribution < 1.29 is 14.3 Å². The van der Waals surface area contributed by atoms with Gasteiger partial charge in [0.05, 0.1) is 0 Å². The summed E-state index contributed by atoms with van der Waals surface area (Å²) in [7, 11) is 0. The van der Waals surface area contributed by atoms with Gasteiger partial charge in [-0.15, -0.1) is 0 Å². The lowest BCUT2D eigenvalue weighted by Crippen LogP contribution is -2.12. The van der Waals surface area contributed by atoms with E-state index in [4.69, 9.17) is 16.3 Å². The number of nitrogens with zero attached hydrogens (tertiary/aromatic N) is 1. The Labute approximate surface area is 143 Å². The molecular weight excluding hydrogens is 328 g/mol. The molecule has 2 aromatic heterocycles.